The molecule has 0 unspecified atom stereocenters. The molecule has 2 amide bonds. The number of primary amides is 1. The minimum absolute atomic E-state index is 0.560. The molecule has 0 spiro atoms. The van der Waals surface area contributed by atoms with Crippen molar-refractivity contribution in [1.82, 2.24) is 0 Å². The van der Waals surface area contributed by atoms with Crippen LogP contribution >= 0.6 is 0 Å². The molecule has 2 aromatic rings. The second kappa shape index (κ2) is 4.25. The molecule has 4 nitrogen and oxygen atoms in total. The predicted octanol–water partition coefficient (Wildman–Crippen LogP) is 1.57. The molecule has 0 fully saturated rings. The fourth-order valence-corrected chi connectivity index (χ4v) is 1.64. The summed E-state index contributed by atoms with van der Waals surface area (Å²) in [5, 5.41) is 4.52. The van der Waals surface area contributed by atoms with Gasteiger partial charge in [0.25, 0.3) is 0 Å². The number of nitrogens with two attached hydrogens (primary N) is 1. The second-order valence-electron chi connectivity index (χ2n) is 3.88. The van der Waals surface area contributed by atoms with Crippen molar-refractivity contribution in [1.29, 1.82) is 0 Å². The second-order valence-corrected chi connectivity index (χ2v) is 3.88. The minimum atomic E-state index is -0.992. The topological polar surface area (TPSA) is 72.2 Å². The molecule has 0 radical (unpaired) electrons. The molecule has 3 N–H and O–H groups in total. The van der Waals surface area contributed by atoms with Crippen molar-refractivity contribution in [2.45, 2.75) is 6.92 Å². The number of nitrogens with one attached hydrogen (secondary N) is 1. The first-order valence-corrected chi connectivity index (χ1v) is 5.17. The molecule has 86 valence electrons. The Kier molecular flexibility index (Phi) is 2.78. The number of benzene rings is 2. The first-order valence-electron chi connectivity index (χ1n) is 5.17. The van der Waals surface area contributed by atoms with Crippen LogP contribution in [0.3, 0.4) is 0 Å². The highest BCUT2D eigenvalue weighted by Gasteiger charge is 2.08. The van der Waals surface area contributed by atoms with Crippen LogP contribution in [-0.2, 0) is 9.59 Å². The third-order valence-corrected chi connectivity index (χ3v) is 2.48. The van der Waals surface area contributed by atoms with Gasteiger partial charge < -0.3 is 11.1 Å². The molecule has 0 aliphatic carbocycles. The van der Waals surface area contributed by atoms with Gasteiger partial charge in [-0.3, -0.25) is 9.59 Å². The summed E-state index contributed by atoms with van der Waals surface area (Å²) < 4.78 is 0. The van der Waals surface area contributed by atoms with Crippen LogP contribution in [0.2, 0.25) is 0 Å². The Morgan fingerprint density at radius 2 is 1.71 bits per heavy atom. The van der Waals surface area contributed by atoms with E-state index in [1.54, 1.807) is 12.1 Å². The van der Waals surface area contributed by atoms with E-state index in [9.17, 15) is 9.59 Å². The van der Waals surface area contributed by atoms with Gasteiger partial charge in [-0.25, -0.2) is 0 Å². The normalized spacial score (nSPS) is 10.2. The van der Waals surface area contributed by atoms with Crippen LogP contribution in [0.1, 0.15) is 5.56 Å². The maximum absolute atomic E-state index is 11.1. The van der Waals surface area contributed by atoms with Crippen LogP contribution in [0, 0.1) is 6.92 Å². The summed E-state index contributed by atoms with van der Waals surface area (Å²) in [6.45, 7) is 2.02. The predicted molar refractivity (Wildman–Crippen MR) is 66.5 cm³/mol. The largest absolute Gasteiger partial charge is 0.361 e. The number of hydrogen-bond donors (Lipinski definition) is 2. The van der Waals surface area contributed by atoms with Crippen molar-refractivity contribution >= 4 is 28.3 Å². The average Bonchev–Trinajstić information content (AvgIpc) is 2.29. The number of hydrogen-bond acceptors (Lipinski definition) is 2. The van der Waals surface area contributed by atoms with E-state index in [1.807, 2.05) is 25.1 Å². The Morgan fingerprint density at radius 3 is 2.41 bits per heavy atom. The lowest BCUT2D eigenvalue weighted by atomic mass is 10.1. The van der Waals surface area contributed by atoms with E-state index in [-0.39, 0.29) is 0 Å². The summed E-state index contributed by atoms with van der Waals surface area (Å²) >= 11 is 0. The van der Waals surface area contributed by atoms with Crippen LogP contribution in [-0.4, -0.2) is 11.8 Å². The van der Waals surface area contributed by atoms with E-state index in [0.717, 1.165) is 10.8 Å². The van der Waals surface area contributed by atoms with Gasteiger partial charge in [-0.15, -0.1) is 0 Å². The van der Waals surface area contributed by atoms with Crippen molar-refractivity contribution in [3.05, 3.63) is 42.0 Å². The molecule has 0 heterocycles. The Labute approximate surface area is 98.4 Å². The quantitative estimate of drug-likeness (QED) is 0.727. The van der Waals surface area contributed by atoms with Gasteiger partial charge in [0.15, 0.2) is 0 Å². The van der Waals surface area contributed by atoms with Crippen molar-refractivity contribution in [2.24, 2.45) is 5.73 Å². The maximum atomic E-state index is 11.1. The highest BCUT2D eigenvalue weighted by Crippen LogP contribution is 2.20. The maximum Gasteiger partial charge on any atom is 0.313 e. The lowest BCUT2D eigenvalue weighted by Gasteiger charge is -2.05. The molecule has 0 atom stereocenters. The SMILES string of the molecule is Cc1ccc2cc(NC(=O)C(N)=O)ccc2c1. The van der Waals surface area contributed by atoms with Gasteiger partial charge in [0.2, 0.25) is 0 Å². The van der Waals surface area contributed by atoms with Crippen molar-refractivity contribution in [2.75, 3.05) is 5.32 Å². The van der Waals surface area contributed by atoms with E-state index >= 15 is 0 Å². The Morgan fingerprint density at radius 1 is 1.06 bits per heavy atom. The average molecular weight is 228 g/mol. The fourth-order valence-electron chi connectivity index (χ4n) is 1.64. The molecular formula is C13H12N2O2. The van der Waals surface area contributed by atoms with E-state index in [4.69, 9.17) is 5.73 Å². The highest BCUT2D eigenvalue weighted by molar-refractivity contribution is 6.39. The number of carbonyl (C=O) groups is 2. The third-order valence-electron chi connectivity index (χ3n) is 2.48. The molecule has 0 saturated carbocycles. The van der Waals surface area contributed by atoms with Crippen LogP contribution in [0.15, 0.2) is 36.4 Å². The van der Waals surface area contributed by atoms with Gasteiger partial charge >= 0.3 is 11.8 Å². The summed E-state index contributed by atoms with van der Waals surface area (Å²) in [4.78, 5) is 21.7. The number of fused-ring (bicyclic) bond motifs is 1. The number of anilines is 1. The summed E-state index contributed by atoms with van der Waals surface area (Å²) in [5.41, 5.74) is 6.60. The van der Waals surface area contributed by atoms with Gasteiger partial charge in [0, 0.05) is 5.69 Å². The standard InChI is InChI=1S/C13H12N2O2/c1-8-2-3-10-7-11(5-4-9(10)6-8)15-13(17)12(14)16/h2-7H,1H3,(H2,14,16)(H,15,17). The molecular weight excluding hydrogens is 216 g/mol. The number of amides is 2. The summed E-state index contributed by atoms with van der Waals surface area (Å²) in [6, 6.07) is 11.4. The lowest BCUT2D eigenvalue weighted by molar-refractivity contribution is -0.134. The molecule has 0 aliphatic heterocycles. The Balaban J connectivity index is 2.35. The van der Waals surface area contributed by atoms with Gasteiger partial charge in [-0.2, -0.15) is 0 Å². The lowest BCUT2D eigenvalue weighted by Crippen LogP contribution is -2.29. The third kappa shape index (κ3) is 2.42. The minimum Gasteiger partial charge on any atom is -0.361 e. The molecule has 4 heteroatoms. The zero-order valence-electron chi connectivity index (χ0n) is 9.36. The molecule has 0 bridgehead atoms. The zero-order valence-corrected chi connectivity index (χ0v) is 9.36. The Hall–Kier alpha value is -2.36. The summed E-state index contributed by atoms with van der Waals surface area (Å²) in [5.74, 6) is -1.80. The molecule has 0 saturated heterocycles. The first-order chi connectivity index (χ1) is 8.06. The summed E-state index contributed by atoms with van der Waals surface area (Å²) in [6.07, 6.45) is 0. The number of rotatable bonds is 1. The number of aryl methyl sites for hydroxylation is 1. The highest BCUT2D eigenvalue weighted by atomic mass is 16.2. The zero-order chi connectivity index (χ0) is 12.4. The number of carbonyl (C=O) groups excluding carboxylic acids is 2. The van der Waals surface area contributed by atoms with E-state index < -0.39 is 11.8 Å². The molecule has 17 heavy (non-hydrogen) atoms. The molecule has 2 aromatic carbocycles. The van der Waals surface area contributed by atoms with E-state index in [1.165, 1.54) is 5.56 Å². The van der Waals surface area contributed by atoms with E-state index in [0.29, 0.717) is 5.69 Å². The van der Waals surface area contributed by atoms with Crippen molar-refractivity contribution < 1.29 is 9.59 Å². The monoisotopic (exact) mass is 228 g/mol. The van der Waals surface area contributed by atoms with Gasteiger partial charge in [-0.1, -0.05) is 29.8 Å². The fraction of sp³-hybridized carbons (Fsp3) is 0.0769. The van der Waals surface area contributed by atoms with Gasteiger partial charge in [0.05, 0.1) is 0 Å². The van der Waals surface area contributed by atoms with Crippen LogP contribution in [0.25, 0.3) is 10.8 Å². The molecule has 2 rings (SSSR count). The van der Waals surface area contributed by atoms with Gasteiger partial charge in [-0.05, 0) is 29.8 Å². The van der Waals surface area contributed by atoms with Crippen LogP contribution < -0.4 is 11.1 Å². The van der Waals surface area contributed by atoms with E-state index in [2.05, 4.69) is 11.4 Å². The Bertz CT molecular complexity index is 605. The molecule has 0 aromatic heterocycles. The first kappa shape index (κ1) is 11.1. The van der Waals surface area contributed by atoms with Crippen LogP contribution in [0.5, 0.6) is 0 Å². The molecule has 0 aliphatic rings. The smallest absolute Gasteiger partial charge is 0.313 e. The summed E-state index contributed by atoms with van der Waals surface area (Å²) in [7, 11) is 0. The van der Waals surface area contributed by atoms with Crippen LogP contribution in [0.4, 0.5) is 5.69 Å². The van der Waals surface area contributed by atoms with Crippen molar-refractivity contribution in [3.8, 4) is 0 Å². The van der Waals surface area contributed by atoms with Gasteiger partial charge in [0.1, 0.15) is 0 Å². The van der Waals surface area contributed by atoms with Crippen molar-refractivity contribution in [3.63, 3.8) is 0 Å².